The van der Waals surface area contributed by atoms with Gasteiger partial charge in [0.25, 0.3) is 0 Å². The van der Waals surface area contributed by atoms with E-state index in [1.54, 1.807) is 25.6 Å². The van der Waals surface area contributed by atoms with E-state index in [1.165, 1.54) is 4.57 Å². The Kier molecular flexibility index (Phi) is 4.75. The van der Waals surface area contributed by atoms with Gasteiger partial charge in [-0.1, -0.05) is 11.8 Å². The number of rotatable bonds is 3. The fraction of sp³-hybridized carbons (Fsp3) is 0.250. The first-order valence-corrected chi connectivity index (χ1v) is 6.44. The fourth-order valence-electron chi connectivity index (χ4n) is 1.98. The molecule has 0 bridgehead atoms. The highest BCUT2D eigenvalue weighted by molar-refractivity contribution is 5.44. The van der Waals surface area contributed by atoms with Crippen molar-refractivity contribution in [2.24, 2.45) is 0 Å². The zero-order valence-corrected chi connectivity index (χ0v) is 12.0. The van der Waals surface area contributed by atoms with Crippen molar-refractivity contribution in [2.75, 3.05) is 13.7 Å². The molecule has 1 aromatic carbocycles. The molecule has 1 heterocycles. The lowest BCUT2D eigenvalue weighted by atomic mass is 10.1. The van der Waals surface area contributed by atoms with E-state index in [1.807, 2.05) is 19.1 Å². The molecule has 108 valence electrons. The van der Waals surface area contributed by atoms with Crippen molar-refractivity contribution in [1.29, 1.82) is 0 Å². The lowest BCUT2D eigenvalue weighted by molar-refractivity contribution is 0.350. The average molecular weight is 284 g/mol. The molecule has 0 radical (unpaired) electrons. The van der Waals surface area contributed by atoms with E-state index in [4.69, 9.17) is 9.84 Å². The molecule has 2 rings (SSSR count). The molecule has 0 saturated heterocycles. The Morgan fingerprint density at radius 2 is 2.24 bits per heavy atom. The fourth-order valence-corrected chi connectivity index (χ4v) is 1.98. The highest BCUT2D eigenvalue weighted by Crippen LogP contribution is 2.20. The summed E-state index contributed by atoms with van der Waals surface area (Å²) in [6.07, 6.45) is 3.29. The summed E-state index contributed by atoms with van der Waals surface area (Å²) in [7, 11) is 1.58. The van der Waals surface area contributed by atoms with Gasteiger partial charge in [-0.05, 0) is 30.7 Å². The van der Waals surface area contributed by atoms with Gasteiger partial charge in [-0.3, -0.25) is 4.57 Å². The standard InChI is InChI=1S/C16H16N2O3/c1-12-9-17-16(20)18(10-12)11-14-8-13(4-3-7-19)5-6-15(14)21-2/h5-6,8-10,19H,7,11H2,1-2H3. The third kappa shape index (κ3) is 3.71. The summed E-state index contributed by atoms with van der Waals surface area (Å²) in [4.78, 5) is 15.6. The number of aromatic nitrogens is 2. The van der Waals surface area contributed by atoms with Crippen LogP contribution in [0.15, 0.2) is 35.4 Å². The SMILES string of the molecule is COc1ccc(C#CCO)cc1Cn1cc(C)cnc1=O. The van der Waals surface area contributed by atoms with Crippen LogP contribution in [-0.4, -0.2) is 28.4 Å². The molecule has 0 atom stereocenters. The molecule has 0 aliphatic carbocycles. The number of aliphatic hydroxyl groups is 1. The smallest absolute Gasteiger partial charge is 0.347 e. The summed E-state index contributed by atoms with van der Waals surface area (Å²) >= 11 is 0. The monoisotopic (exact) mass is 284 g/mol. The van der Waals surface area contributed by atoms with E-state index >= 15 is 0 Å². The number of hydrogen-bond acceptors (Lipinski definition) is 4. The first-order chi connectivity index (χ1) is 10.1. The molecule has 5 heteroatoms. The van der Waals surface area contributed by atoms with Crippen molar-refractivity contribution in [1.82, 2.24) is 9.55 Å². The molecule has 0 fully saturated rings. The Hall–Kier alpha value is -2.58. The van der Waals surface area contributed by atoms with Crippen LogP contribution in [-0.2, 0) is 6.54 Å². The Labute approximate surface area is 122 Å². The summed E-state index contributed by atoms with van der Waals surface area (Å²) in [6, 6.07) is 5.45. The number of aryl methyl sites for hydroxylation is 1. The van der Waals surface area contributed by atoms with Gasteiger partial charge >= 0.3 is 5.69 Å². The van der Waals surface area contributed by atoms with Crippen LogP contribution in [0, 0.1) is 18.8 Å². The van der Waals surface area contributed by atoms with Gasteiger partial charge in [0.2, 0.25) is 0 Å². The zero-order valence-electron chi connectivity index (χ0n) is 12.0. The Morgan fingerprint density at radius 3 is 2.95 bits per heavy atom. The van der Waals surface area contributed by atoms with Crippen LogP contribution in [0.5, 0.6) is 5.75 Å². The first-order valence-electron chi connectivity index (χ1n) is 6.44. The molecule has 2 aromatic rings. The van der Waals surface area contributed by atoms with Crippen molar-refractivity contribution in [3.63, 3.8) is 0 Å². The van der Waals surface area contributed by atoms with Gasteiger partial charge in [0, 0.05) is 23.5 Å². The Bertz CT molecular complexity index is 754. The number of ether oxygens (including phenoxy) is 1. The minimum absolute atomic E-state index is 0.192. The molecule has 0 saturated carbocycles. The summed E-state index contributed by atoms with van der Waals surface area (Å²) < 4.78 is 6.84. The maximum absolute atomic E-state index is 11.8. The first kappa shape index (κ1) is 14.8. The van der Waals surface area contributed by atoms with Gasteiger partial charge in [0.05, 0.1) is 13.7 Å². The molecular weight excluding hydrogens is 268 g/mol. The van der Waals surface area contributed by atoms with Crippen LogP contribution in [0.25, 0.3) is 0 Å². The van der Waals surface area contributed by atoms with Crippen molar-refractivity contribution in [2.45, 2.75) is 13.5 Å². The van der Waals surface area contributed by atoms with E-state index in [0.29, 0.717) is 12.3 Å². The summed E-state index contributed by atoms with van der Waals surface area (Å²) in [6.45, 7) is 2.04. The number of hydrogen-bond donors (Lipinski definition) is 1. The van der Waals surface area contributed by atoms with E-state index in [2.05, 4.69) is 16.8 Å². The third-order valence-corrected chi connectivity index (χ3v) is 2.92. The quantitative estimate of drug-likeness (QED) is 0.852. The van der Waals surface area contributed by atoms with E-state index < -0.39 is 0 Å². The highest BCUT2D eigenvalue weighted by atomic mass is 16.5. The predicted molar refractivity (Wildman–Crippen MR) is 79.3 cm³/mol. The molecule has 1 N–H and O–H groups in total. The summed E-state index contributed by atoms with van der Waals surface area (Å²) in [5, 5.41) is 8.75. The van der Waals surface area contributed by atoms with Crippen molar-refractivity contribution >= 4 is 0 Å². The Balaban J connectivity index is 2.41. The van der Waals surface area contributed by atoms with Crippen LogP contribution in [0.1, 0.15) is 16.7 Å². The van der Waals surface area contributed by atoms with Crippen LogP contribution in [0.4, 0.5) is 0 Å². The molecule has 0 amide bonds. The van der Waals surface area contributed by atoms with Crippen LogP contribution in [0.3, 0.4) is 0 Å². The van der Waals surface area contributed by atoms with Crippen LogP contribution < -0.4 is 10.4 Å². The molecule has 0 spiro atoms. The normalized spacial score (nSPS) is 9.86. The molecule has 0 unspecified atom stereocenters. The van der Waals surface area contributed by atoms with Crippen molar-refractivity contribution < 1.29 is 9.84 Å². The molecule has 0 aliphatic heterocycles. The van der Waals surface area contributed by atoms with Gasteiger partial charge in [-0.15, -0.1) is 0 Å². The second kappa shape index (κ2) is 6.73. The molecular formula is C16H16N2O3. The topological polar surface area (TPSA) is 64.3 Å². The molecule has 0 aliphatic rings. The van der Waals surface area contributed by atoms with Gasteiger partial charge in [-0.2, -0.15) is 0 Å². The van der Waals surface area contributed by atoms with Crippen molar-refractivity contribution in [3.8, 4) is 17.6 Å². The molecule has 21 heavy (non-hydrogen) atoms. The number of nitrogens with zero attached hydrogens (tertiary/aromatic N) is 2. The second-order valence-electron chi connectivity index (χ2n) is 4.53. The van der Waals surface area contributed by atoms with Gasteiger partial charge in [-0.25, -0.2) is 9.78 Å². The van der Waals surface area contributed by atoms with E-state index in [-0.39, 0.29) is 12.3 Å². The van der Waals surface area contributed by atoms with Crippen LogP contribution >= 0.6 is 0 Å². The lowest BCUT2D eigenvalue weighted by Gasteiger charge is -2.11. The predicted octanol–water partition coefficient (Wildman–Crippen LogP) is 0.952. The lowest BCUT2D eigenvalue weighted by Crippen LogP contribution is -2.23. The number of methoxy groups -OCH3 is 1. The maximum atomic E-state index is 11.8. The van der Waals surface area contributed by atoms with Crippen LogP contribution in [0.2, 0.25) is 0 Å². The van der Waals surface area contributed by atoms with E-state index in [9.17, 15) is 4.79 Å². The van der Waals surface area contributed by atoms with Gasteiger partial charge < -0.3 is 9.84 Å². The average Bonchev–Trinajstić information content (AvgIpc) is 2.49. The van der Waals surface area contributed by atoms with E-state index in [0.717, 1.165) is 16.7 Å². The Morgan fingerprint density at radius 1 is 1.43 bits per heavy atom. The van der Waals surface area contributed by atoms with Gasteiger partial charge in [0.15, 0.2) is 0 Å². The number of benzene rings is 1. The largest absolute Gasteiger partial charge is 0.496 e. The molecule has 5 nitrogen and oxygen atoms in total. The minimum atomic E-state index is -0.311. The van der Waals surface area contributed by atoms with Gasteiger partial charge in [0.1, 0.15) is 12.4 Å². The highest BCUT2D eigenvalue weighted by Gasteiger charge is 2.06. The zero-order chi connectivity index (χ0) is 15.2. The summed E-state index contributed by atoms with van der Waals surface area (Å²) in [5.74, 6) is 6.12. The molecule has 1 aromatic heterocycles. The summed E-state index contributed by atoms with van der Waals surface area (Å²) in [5.41, 5.74) is 2.18. The third-order valence-electron chi connectivity index (χ3n) is 2.92. The minimum Gasteiger partial charge on any atom is -0.496 e. The maximum Gasteiger partial charge on any atom is 0.347 e. The van der Waals surface area contributed by atoms with Crippen molar-refractivity contribution in [3.05, 3.63) is 57.8 Å². The number of aliphatic hydroxyl groups excluding tert-OH is 1. The second-order valence-corrected chi connectivity index (χ2v) is 4.53.